The highest BCUT2D eigenvalue weighted by molar-refractivity contribution is 5.98. The van der Waals surface area contributed by atoms with Gasteiger partial charge in [-0.25, -0.2) is 13.9 Å². The second-order valence-corrected chi connectivity index (χ2v) is 9.54. The van der Waals surface area contributed by atoms with Gasteiger partial charge in [-0.3, -0.25) is 14.7 Å². The minimum atomic E-state index is -0.446. The SMILES string of the molecule is COc1cc2c(-c3cnn4cc(N5CCC(N6CCN(C)CC6=O)CC5)cnc34)ccnc2cc1F. The third-order valence-corrected chi connectivity index (χ3v) is 7.37. The molecule has 0 unspecified atom stereocenters. The fourth-order valence-electron chi connectivity index (χ4n) is 5.38. The van der Waals surface area contributed by atoms with Crippen LogP contribution >= 0.6 is 0 Å². The van der Waals surface area contributed by atoms with Gasteiger partial charge in [0.15, 0.2) is 17.2 Å². The largest absolute Gasteiger partial charge is 0.494 e. The molecule has 0 spiro atoms. The molecular formula is C26H28FN7O2. The predicted octanol–water partition coefficient (Wildman–Crippen LogP) is 2.83. The Labute approximate surface area is 208 Å². The van der Waals surface area contributed by atoms with E-state index in [1.54, 1.807) is 23.0 Å². The number of ether oxygens (including phenoxy) is 1. The zero-order chi connectivity index (χ0) is 24.8. The number of pyridine rings is 1. The average molecular weight is 490 g/mol. The first-order valence-electron chi connectivity index (χ1n) is 12.2. The number of hydrogen-bond donors (Lipinski definition) is 0. The number of hydrogen-bond acceptors (Lipinski definition) is 7. The van der Waals surface area contributed by atoms with Crippen molar-refractivity contribution in [2.45, 2.75) is 18.9 Å². The van der Waals surface area contributed by atoms with Crippen LogP contribution in [0.3, 0.4) is 0 Å². The fourth-order valence-corrected chi connectivity index (χ4v) is 5.38. The van der Waals surface area contributed by atoms with E-state index in [4.69, 9.17) is 9.72 Å². The molecule has 10 heteroatoms. The maximum absolute atomic E-state index is 14.2. The van der Waals surface area contributed by atoms with Gasteiger partial charge in [0.05, 0.1) is 43.4 Å². The number of nitrogens with zero attached hydrogens (tertiary/aromatic N) is 7. The molecule has 0 saturated carbocycles. The van der Waals surface area contributed by atoms with E-state index in [9.17, 15) is 9.18 Å². The quantitative estimate of drug-likeness (QED) is 0.436. The van der Waals surface area contributed by atoms with Crippen LogP contribution in [0.1, 0.15) is 12.8 Å². The Balaban J connectivity index is 1.24. The molecule has 1 amide bonds. The highest BCUT2D eigenvalue weighted by Gasteiger charge is 2.31. The molecule has 1 aromatic carbocycles. The third kappa shape index (κ3) is 3.91. The molecule has 2 aliphatic rings. The number of likely N-dealkylation sites (N-methyl/N-ethyl adjacent to an activating group) is 1. The molecule has 9 nitrogen and oxygen atoms in total. The maximum atomic E-state index is 14.2. The lowest BCUT2D eigenvalue weighted by atomic mass is 10.0. The van der Waals surface area contributed by atoms with E-state index < -0.39 is 5.82 Å². The van der Waals surface area contributed by atoms with Gasteiger partial charge in [0.1, 0.15) is 0 Å². The number of piperidine rings is 1. The molecule has 5 heterocycles. The van der Waals surface area contributed by atoms with Gasteiger partial charge in [0.25, 0.3) is 0 Å². The van der Waals surface area contributed by atoms with Gasteiger partial charge in [-0.1, -0.05) is 0 Å². The van der Waals surface area contributed by atoms with Gasteiger partial charge in [-0.05, 0) is 37.6 Å². The monoisotopic (exact) mass is 489 g/mol. The Bertz CT molecular complexity index is 1450. The molecule has 186 valence electrons. The minimum absolute atomic E-state index is 0.171. The number of fused-ring (bicyclic) bond motifs is 2. The van der Waals surface area contributed by atoms with Gasteiger partial charge >= 0.3 is 0 Å². The van der Waals surface area contributed by atoms with E-state index in [1.165, 1.54) is 13.2 Å². The van der Waals surface area contributed by atoms with Crippen LogP contribution in [0.25, 0.3) is 27.7 Å². The number of carbonyl (C=O) groups is 1. The fraction of sp³-hybridized carbons (Fsp3) is 0.385. The number of amides is 1. The molecule has 3 aromatic heterocycles. The molecule has 4 aromatic rings. The van der Waals surface area contributed by atoms with Crippen molar-refractivity contribution in [2.75, 3.05) is 51.8 Å². The zero-order valence-electron chi connectivity index (χ0n) is 20.4. The van der Waals surface area contributed by atoms with E-state index in [-0.39, 0.29) is 11.7 Å². The first-order valence-corrected chi connectivity index (χ1v) is 12.2. The molecule has 2 fully saturated rings. The van der Waals surface area contributed by atoms with Gasteiger partial charge < -0.3 is 14.5 Å². The summed E-state index contributed by atoms with van der Waals surface area (Å²) in [4.78, 5) is 28.0. The molecule has 2 aliphatic heterocycles. The molecule has 0 bridgehead atoms. The lowest BCUT2D eigenvalue weighted by Crippen LogP contribution is -2.55. The molecule has 2 saturated heterocycles. The first-order chi connectivity index (χ1) is 17.5. The summed E-state index contributed by atoms with van der Waals surface area (Å²) in [6.45, 7) is 3.99. The number of aromatic nitrogens is 4. The Morgan fingerprint density at radius 1 is 1.06 bits per heavy atom. The number of methoxy groups -OCH3 is 1. The Kier molecular flexibility index (Phi) is 5.67. The lowest BCUT2D eigenvalue weighted by molar-refractivity contribution is -0.138. The van der Waals surface area contributed by atoms with E-state index in [1.807, 2.05) is 25.5 Å². The van der Waals surface area contributed by atoms with Crippen LogP contribution in [0.15, 0.2) is 43.0 Å². The highest BCUT2D eigenvalue weighted by atomic mass is 19.1. The third-order valence-electron chi connectivity index (χ3n) is 7.37. The van der Waals surface area contributed by atoms with E-state index in [2.05, 4.69) is 24.8 Å². The second kappa shape index (κ2) is 9.02. The summed E-state index contributed by atoms with van der Waals surface area (Å²) in [5, 5.41) is 5.34. The van der Waals surface area contributed by atoms with E-state index >= 15 is 0 Å². The molecule has 6 rings (SSSR count). The van der Waals surface area contributed by atoms with Crippen LogP contribution in [0.2, 0.25) is 0 Å². The highest BCUT2D eigenvalue weighted by Crippen LogP contribution is 2.34. The summed E-state index contributed by atoms with van der Waals surface area (Å²) in [6, 6.07) is 5.24. The number of rotatable bonds is 4. The van der Waals surface area contributed by atoms with Crippen molar-refractivity contribution in [1.82, 2.24) is 29.4 Å². The average Bonchev–Trinajstić information content (AvgIpc) is 3.31. The maximum Gasteiger partial charge on any atom is 0.237 e. The van der Waals surface area contributed by atoms with Crippen molar-refractivity contribution < 1.29 is 13.9 Å². The van der Waals surface area contributed by atoms with Gasteiger partial charge in [0, 0.05) is 55.4 Å². The Hall–Kier alpha value is -3.79. The van der Waals surface area contributed by atoms with Crippen LogP contribution in [0.4, 0.5) is 10.1 Å². The van der Waals surface area contributed by atoms with Gasteiger partial charge in [0.2, 0.25) is 5.91 Å². The van der Waals surface area contributed by atoms with Gasteiger partial charge in [-0.2, -0.15) is 5.10 Å². The smallest absolute Gasteiger partial charge is 0.237 e. The van der Waals surface area contributed by atoms with Crippen molar-refractivity contribution in [1.29, 1.82) is 0 Å². The van der Waals surface area contributed by atoms with Crippen molar-refractivity contribution in [3.05, 3.63) is 48.8 Å². The van der Waals surface area contributed by atoms with E-state index in [0.29, 0.717) is 23.8 Å². The molecular weight excluding hydrogens is 461 g/mol. The molecule has 0 N–H and O–H groups in total. The predicted molar refractivity (Wildman–Crippen MR) is 135 cm³/mol. The molecule has 0 radical (unpaired) electrons. The number of halogens is 1. The zero-order valence-corrected chi connectivity index (χ0v) is 20.4. The normalized spacial score (nSPS) is 17.9. The van der Waals surface area contributed by atoms with Crippen LogP contribution in [-0.4, -0.2) is 88.2 Å². The summed E-state index contributed by atoms with van der Waals surface area (Å²) in [5.41, 5.74) is 3.97. The number of piperazine rings is 1. The van der Waals surface area contributed by atoms with Crippen LogP contribution in [0.5, 0.6) is 5.75 Å². The number of benzene rings is 1. The van der Waals surface area contributed by atoms with E-state index in [0.717, 1.165) is 61.2 Å². The minimum Gasteiger partial charge on any atom is -0.494 e. The summed E-state index contributed by atoms with van der Waals surface area (Å²) >= 11 is 0. The number of anilines is 1. The van der Waals surface area contributed by atoms with Crippen LogP contribution in [-0.2, 0) is 4.79 Å². The molecule has 0 aliphatic carbocycles. The van der Waals surface area contributed by atoms with Crippen LogP contribution < -0.4 is 9.64 Å². The van der Waals surface area contributed by atoms with Crippen LogP contribution in [0, 0.1) is 5.82 Å². The van der Waals surface area contributed by atoms with Crippen molar-refractivity contribution >= 4 is 28.1 Å². The van der Waals surface area contributed by atoms with Gasteiger partial charge in [-0.15, -0.1) is 0 Å². The molecule has 36 heavy (non-hydrogen) atoms. The Morgan fingerprint density at radius 3 is 2.67 bits per heavy atom. The van der Waals surface area contributed by atoms with Crippen molar-refractivity contribution in [3.8, 4) is 16.9 Å². The summed E-state index contributed by atoms with van der Waals surface area (Å²) < 4.78 is 21.2. The van der Waals surface area contributed by atoms with Crippen molar-refractivity contribution in [2.24, 2.45) is 0 Å². The first kappa shape index (κ1) is 22.7. The number of carbonyl (C=O) groups excluding carboxylic acids is 1. The standard InChI is InChI=1S/C26H28FN7O2/c1-31-9-10-33(25(35)16-31)17-4-7-32(8-5-17)18-13-29-26-21(14-30-34(26)15-18)19-3-6-28-23-12-22(27)24(36-2)11-20(19)23/h3,6,11-15,17H,4-5,7-10,16H2,1-2H3. The van der Waals surface area contributed by atoms with Crippen molar-refractivity contribution in [3.63, 3.8) is 0 Å². The second-order valence-electron chi connectivity index (χ2n) is 9.54. The summed E-state index contributed by atoms with van der Waals surface area (Å²) in [5.74, 6) is -0.0402. The lowest BCUT2D eigenvalue weighted by Gasteiger charge is -2.42. The Morgan fingerprint density at radius 2 is 1.89 bits per heavy atom. The molecule has 0 atom stereocenters. The summed E-state index contributed by atoms with van der Waals surface area (Å²) in [7, 11) is 3.44. The topological polar surface area (TPSA) is 79.1 Å². The summed E-state index contributed by atoms with van der Waals surface area (Å²) in [6.07, 6.45) is 9.21.